The minimum atomic E-state index is -0.762. The van der Waals surface area contributed by atoms with Crippen molar-refractivity contribution in [2.75, 3.05) is 0 Å². The topological polar surface area (TPSA) is 73.3 Å². The molecule has 0 unspecified atom stereocenters. The zero-order valence-corrected chi connectivity index (χ0v) is 8.02. The van der Waals surface area contributed by atoms with Crippen LogP contribution in [0.2, 0.25) is 5.02 Å². The number of hydrogen-bond donors (Lipinski definition) is 0. The Balaban J connectivity index is 2.85. The van der Waals surface area contributed by atoms with E-state index in [1.54, 1.807) is 0 Å². The minimum absolute atomic E-state index is 0.269. The molecule has 1 aromatic carbocycles. The second-order valence-corrected chi connectivity index (χ2v) is 3.30. The molecule has 0 atom stereocenters. The maximum Gasteiger partial charge on any atom is 0.436 e. The summed E-state index contributed by atoms with van der Waals surface area (Å²) < 4.78 is 4.49. The van der Waals surface area contributed by atoms with Crippen LogP contribution in [0, 0.1) is 10.1 Å². The molecule has 2 aromatic rings. The lowest BCUT2D eigenvalue weighted by molar-refractivity contribution is -0.403. The quantitative estimate of drug-likeness (QED) is 0.552. The van der Waals surface area contributed by atoms with E-state index in [4.69, 9.17) is 11.6 Å². The summed E-state index contributed by atoms with van der Waals surface area (Å²) in [7, 11) is 0. The normalized spacial score (nSPS) is 10.5. The van der Waals surface area contributed by atoms with Crippen LogP contribution in [0.1, 0.15) is 0 Å². The van der Waals surface area contributed by atoms with E-state index in [0.717, 1.165) is 0 Å². The zero-order valence-electron chi connectivity index (χ0n) is 7.27. The van der Waals surface area contributed by atoms with Crippen LogP contribution < -0.4 is 5.63 Å². The highest BCUT2D eigenvalue weighted by atomic mass is 35.5. The lowest BCUT2D eigenvalue weighted by atomic mass is 10.2. The molecule has 0 saturated carbocycles. The predicted molar refractivity (Wildman–Crippen MR) is 54.1 cm³/mol. The van der Waals surface area contributed by atoms with Crippen molar-refractivity contribution in [3.8, 4) is 0 Å². The molecular weight excluding hydrogens is 222 g/mol. The molecule has 1 heterocycles. The standard InChI is InChI=1S/C9H4ClNO4/c10-6-1-2-7-5(3-6)4-8(11(13)14)15-9(7)12/h1-4H. The molecule has 6 heteroatoms. The number of fused-ring (bicyclic) bond motifs is 1. The molecule has 0 aliphatic heterocycles. The van der Waals surface area contributed by atoms with Crippen LogP contribution in [0.3, 0.4) is 0 Å². The Morgan fingerprint density at radius 2 is 2.07 bits per heavy atom. The van der Waals surface area contributed by atoms with Gasteiger partial charge in [-0.3, -0.25) is 10.1 Å². The van der Waals surface area contributed by atoms with Crippen LogP contribution in [-0.4, -0.2) is 4.92 Å². The third-order valence-corrected chi connectivity index (χ3v) is 2.12. The van der Waals surface area contributed by atoms with E-state index in [-0.39, 0.29) is 5.39 Å². The molecule has 5 nitrogen and oxygen atoms in total. The average molecular weight is 226 g/mol. The van der Waals surface area contributed by atoms with Crippen molar-refractivity contribution >= 4 is 28.3 Å². The maximum absolute atomic E-state index is 11.3. The first-order valence-electron chi connectivity index (χ1n) is 3.96. The van der Waals surface area contributed by atoms with Gasteiger partial charge in [0.25, 0.3) is 0 Å². The van der Waals surface area contributed by atoms with Crippen molar-refractivity contribution in [3.05, 3.63) is 49.8 Å². The second kappa shape index (κ2) is 3.36. The Morgan fingerprint density at radius 3 is 2.73 bits per heavy atom. The second-order valence-electron chi connectivity index (χ2n) is 2.86. The summed E-state index contributed by atoms with van der Waals surface area (Å²) in [6.45, 7) is 0. The van der Waals surface area contributed by atoms with Gasteiger partial charge >= 0.3 is 11.5 Å². The van der Waals surface area contributed by atoms with E-state index < -0.39 is 16.4 Å². The Bertz CT molecular complexity index is 605. The smallest absolute Gasteiger partial charge is 0.363 e. The number of nitrogens with zero attached hydrogens (tertiary/aromatic N) is 1. The SMILES string of the molecule is O=c1oc([N+](=O)[O-])cc2cc(Cl)ccc12. The van der Waals surface area contributed by atoms with Gasteiger partial charge in [-0.05, 0) is 18.2 Å². The Labute approximate surface area is 88.0 Å². The highest BCUT2D eigenvalue weighted by Crippen LogP contribution is 2.20. The fourth-order valence-electron chi connectivity index (χ4n) is 1.24. The lowest BCUT2D eigenvalue weighted by Crippen LogP contribution is -2.01. The molecule has 0 amide bonds. The number of nitro groups is 1. The minimum Gasteiger partial charge on any atom is -0.363 e. The van der Waals surface area contributed by atoms with Gasteiger partial charge in [-0.1, -0.05) is 11.6 Å². The molecular formula is C9H4ClNO4. The molecule has 0 aliphatic carbocycles. The van der Waals surface area contributed by atoms with E-state index in [2.05, 4.69) is 4.42 Å². The van der Waals surface area contributed by atoms with E-state index in [1.807, 2.05) is 0 Å². The van der Waals surface area contributed by atoms with Gasteiger partial charge < -0.3 is 4.42 Å². The average Bonchev–Trinajstić information content (AvgIpc) is 2.16. The summed E-state index contributed by atoms with van der Waals surface area (Å²) in [6, 6.07) is 5.63. The van der Waals surface area contributed by atoms with E-state index >= 15 is 0 Å². The molecule has 2 rings (SSSR count). The molecule has 15 heavy (non-hydrogen) atoms. The molecule has 0 spiro atoms. The van der Waals surface area contributed by atoms with Crippen LogP contribution >= 0.6 is 11.6 Å². The third-order valence-electron chi connectivity index (χ3n) is 1.89. The van der Waals surface area contributed by atoms with Gasteiger partial charge in [0.15, 0.2) is 0 Å². The van der Waals surface area contributed by atoms with Gasteiger partial charge in [0.2, 0.25) is 0 Å². The van der Waals surface area contributed by atoms with Gasteiger partial charge in [-0.25, -0.2) is 4.79 Å². The fourth-order valence-corrected chi connectivity index (χ4v) is 1.42. The van der Waals surface area contributed by atoms with Crippen molar-refractivity contribution in [1.29, 1.82) is 0 Å². The van der Waals surface area contributed by atoms with Crippen molar-refractivity contribution in [1.82, 2.24) is 0 Å². The molecule has 0 N–H and O–H groups in total. The van der Waals surface area contributed by atoms with E-state index in [1.165, 1.54) is 24.3 Å². The molecule has 1 aromatic heterocycles. The molecule has 0 fully saturated rings. The molecule has 76 valence electrons. The number of benzene rings is 1. The lowest BCUT2D eigenvalue weighted by Gasteiger charge is -1.96. The van der Waals surface area contributed by atoms with Crippen LogP contribution in [0.25, 0.3) is 10.8 Å². The van der Waals surface area contributed by atoms with Crippen LogP contribution in [-0.2, 0) is 0 Å². The monoisotopic (exact) mass is 225 g/mol. The fraction of sp³-hybridized carbons (Fsp3) is 0. The first-order chi connectivity index (χ1) is 7.08. The largest absolute Gasteiger partial charge is 0.436 e. The summed E-state index contributed by atoms with van der Waals surface area (Å²) in [5, 5.41) is 11.5. The Morgan fingerprint density at radius 1 is 1.33 bits per heavy atom. The van der Waals surface area contributed by atoms with Gasteiger partial charge in [0.1, 0.15) is 4.92 Å². The van der Waals surface area contributed by atoms with Gasteiger partial charge in [0, 0.05) is 10.4 Å². The number of rotatable bonds is 1. The highest BCUT2D eigenvalue weighted by Gasteiger charge is 2.12. The van der Waals surface area contributed by atoms with Crippen molar-refractivity contribution in [2.45, 2.75) is 0 Å². The number of hydrogen-bond acceptors (Lipinski definition) is 4. The first-order valence-corrected chi connectivity index (χ1v) is 4.33. The summed E-state index contributed by atoms with van der Waals surface area (Å²) >= 11 is 5.70. The van der Waals surface area contributed by atoms with Crippen molar-refractivity contribution in [3.63, 3.8) is 0 Å². The van der Waals surface area contributed by atoms with Crippen molar-refractivity contribution in [2.24, 2.45) is 0 Å². The van der Waals surface area contributed by atoms with Crippen LogP contribution in [0.15, 0.2) is 33.5 Å². The maximum atomic E-state index is 11.3. The van der Waals surface area contributed by atoms with Gasteiger partial charge in [-0.15, -0.1) is 0 Å². The third kappa shape index (κ3) is 1.69. The Hall–Kier alpha value is -1.88. The van der Waals surface area contributed by atoms with Gasteiger partial charge in [0.05, 0.1) is 11.5 Å². The van der Waals surface area contributed by atoms with Crippen LogP contribution in [0.5, 0.6) is 0 Å². The first kappa shape index (κ1) is 9.67. The molecule has 0 aliphatic rings. The van der Waals surface area contributed by atoms with E-state index in [0.29, 0.717) is 10.4 Å². The van der Waals surface area contributed by atoms with Crippen LogP contribution in [0.4, 0.5) is 5.88 Å². The van der Waals surface area contributed by atoms with Crippen molar-refractivity contribution < 1.29 is 9.34 Å². The zero-order chi connectivity index (χ0) is 11.0. The number of halogens is 1. The highest BCUT2D eigenvalue weighted by molar-refractivity contribution is 6.31. The molecule has 0 bridgehead atoms. The summed E-state index contributed by atoms with van der Waals surface area (Å²) in [5.41, 5.74) is -0.740. The predicted octanol–water partition coefficient (Wildman–Crippen LogP) is 2.35. The summed E-state index contributed by atoms with van der Waals surface area (Å²) in [5.74, 6) is -0.588. The Kier molecular flexibility index (Phi) is 2.17. The van der Waals surface area contributed by atoms with E-state index in [9.17, 15) is 14.9 Å². The van der Waals surface area contributed by atoms with Gasteiger partial charge in [-0.2, -0.15) is 0 Å². The summed E-state index contributed by atoms with van der Waals surface area (Å²) in [6.07, 6.45) is 0. The molecule has 0 radical (unpaired) electrons. The summed E-state index contributed by atoms with van der Waals surface area (Å²) in [4.78, 5) is 21.0. The molecule has 0 saturated heterocycles.